The van der Waals surface area contributed by atoms with Crippen LogP contribution in [0.3, 0.4) is 0 Å². The van der Waals surface area contributed by atoms with Gasteiger partial charge in [0.2, 0.25) is 0 Å². The molecule has 0 spiro atoms. The number of hydrogen-bond acceptors (Lipinski definition) is 2. The summed E-state index contributed by atoms with van der Waals surface area (Å²) < 4.78 is 2.12. The predicted molar refractivity (Wildman–Crippen MR) is 97.8 cm³/mol. The molecule has 5 nitrogen and oxygen atoms in total. The lowest BCUT2D eigenvalue weighted by Crippen LogP contribution is -2.22. The molecule has 2 aromatic carbocycles. The number of aromatic nitrogens is 2. The third kappa shape index (κ3) is 4.46. The molecular weight excluding hydrogens is 298 g/mol. The van der Waals surface area contributed by atoms with Gasteiger partial charge in [-0.05, 0) is 24.1 Å². The molecule has 0 bridgehead atoms. The predicted octanol–water partition coefficient (Wildman–Crippen LogP) is 3.05. The average molecular weight is 319 g/mol. The van der Waals surface area contributed by atoms with Crippen LogP contribution in [-0.4, -0.2) is 15.5 Å². The number of hydrogen-bond donors (Lipinski definition) is 2. The average Bonchev–Trinajstić information content (AvgIpc) is 3.07. The summed E-state index contributed by atoms with van der Waals surface area (Å²) in [7, 11) is 0. The van der Waals surface area contributed by atoms with E-state index in [2.05, 4.69) is 44.1 Å². The lowest BCUT2D eigenvalue weighted by atomic mass is 10.1. The van der Waals surface area contributed by atoms with E-state index in [4.69, 9.17) is 5.73 Å². The molecule has 0 saturated heterocycles. The summed E-state index contributed by atoms with van der Waals surface area (Å²) >= 11 is 0. The molecule has 0 atom stereocenters. The van der Waals surface area contributed by atoms with E-state index in [-0.39, 0.29) is 0 Å². The van der Waals surface area contributed by atoms with Crippen molar-refractivity contribution in [2.45, 2.75) is 19.5 Å². The number of anilines is 1. The molecule has 0 fully saturated rings. The van der Waals surface area contributed by atoms with Crippen molar-refractivity contribution in [1.29, 1.82) is 0 Å². The highest BCUT2D eigenvalue weighted by molar-refractivity contribution is 5.92. The summed E-state index contributed by atoms with van der Waals surface area (Å²) in [5.74, 6) is 1.29. The van der Waals surface area contributed by atoms with Crippen molar-refractivity contribution in [2.24, 2.45) is 10.7 Å². The maximum atomic E-state index is 5.94. The van der Waals surface area contributed by atoms with Crippen LogP contribution in [0.25, 0.3) is 0 Å². The topological polar surface area (TPSA) is 68.2 Å². The van der Waals surface area contributed by atoms with Gasteiger partial charge in [-0.2, -0.15) is 0 Å². The van der Waals surface area contributed by atoms with Gasteiger partial charge >= 0.3 is 0 Å². The maximum Gasteiger partial charge on any atom is 0.193 e. The Bertz CT molecular complexity index is 778. The molecule has 0 aliphatic carbocycles. The largest absolute Gasteiger partial charge is 0.370 e. The van der Waals surface area contributed by atoms with Crippen molar-refractivity contribution in [3.63, 3.8) is 0 Å². The van der Waals surface area contributed by atoms with Crippen LogP contribution in [0.15, 0.2) is 78.0 Å². The van der Waals surface area contributed by atoms with Crippen LogP contribution >= 0.6 is 0 Å². The molecule has 24 heavy (non-hydrogen) atoms. The van der Waals surface area contributed by atoms with Crippen molar-refractivity contribution in [3.8, 4) is 0 Å². The van der Waals surface area contributed by atoms with E-state index in [9.17, 15) is 0 Å². The number of nitrogens with zero attached hydrogens (tertiary/aromatic N) is 3. The van der Waals surface area contributed by atoms with Gasteiger partial charge in [-0.25, -0.2) is 9.98 Å². The molecule has 3 N–H and O–H groups in total. The first-order valence-corrected chi connectivity index (χ1v) is 7.97. The number of nitrogens with one attached hydrogen (secondary N) is 1. The van der Waals surface area contributed by atoms with Crippen molar-refractivity contribution in [3.05, 3.63) is 84.4 Å². The Morgan fingerprint density at radius 3 is 2.50 bits per heavy atom. The monoisotopic (exact) mass is 319 g/mol. The Hall–Kier alpha value is -3.08. The van der Waals surface area contributed by atoms with E-state index in [1.165, 1.54) is 5.56 Å². The zero-order valence-electron chi connectivity index (χ0n) is 13.5. The molecule has 5 heteroatoms. The first-order valence-electron chi connectivity index (χ1n) is 7.97. The summed E-state index contributed by atoms with van der Waals surface area (Å²) in [4.78, 5) is 8.76. The first-order chi connectivity index (χ1) is 11.8. The van der Waals surface area contributed by atoms with Crippen molar-refractivity contribution < 1.29 is 0 Å². The minimum absolute atomic E-state index is 0.388. The van der Waals surface area contributed by atoms with Gasteiger partial charge in [0.05, 0.1) is 0 Å². The quantitative estimate of drug-likeness (QED) is 0.542. The van der Waals surface area contributed by atoms with Gasteiger partial charge in [-0.15, -0.1) is 0 Å². The maximum absolute atomic E-state index is 5.94. The van der Waals surface area contributed by atoms with Crippen molar-refractivity contribution in [2.75, 3.05) is 5.32 Å². The molecule has 122 valence electrons. The molecule has 0 amide bonds. The normalized spacial score (nSPS) is 11.4. The van der Waals surface area contributed by atoms with Crippen LogP contribution in [-0.2, 0) is 19.5 Å². The van der Waals surface area contributed by atoms with Crippen LogP contribution in [0.2, 0.25) is 0 Å². The number of para-hydroxylation sites is 1. The molecule has 1 aromatic heterocycles. The minimum Gasteiger partial charge on any atom is -0.370 e. The molecule has 1 heterocycles. The van der Waals surface area contributed by atoms with E-state index in [0.717, 1.165) is 24.5 Å². The van der Waals surface area contributed by atoms with E-state index >= 15 is 0 Å². The number of aliphatic imine (C=N–C) groups is 1. The molecular formula is C19H21N5. The fourth-order valence-corrected chi connectivity index (χ4v) is 2.45. The summed E-state index contributed by atoms with van der Waals surface area (Å²) in [6, 6.07) is 20.2. The number of imidazole rings is 1. The Morgan fingerprint density at radius 1 is 1.04 bits per heavy atom. The van der Waals surface area contributed by atoms with Gasteiger partial charge in [-0.3, -0.25) is 0 Å². The third-order valence-electron chi connectivity index (χ3n) is 3.72. The fourth-order valence-electron chi connectivity index (χ4n) is 2.45. The van der Waals surface area contributed by atoms with E-state index in [1.807, 2.05) is 42.6 Å². The summed E-state index contributed by atoms with van der Waals surface area (Å²) in [6.45, 7) is 1.33. The minimum atomic E-state index is 0.388. The van der Waals surface area contributed by atoms with Gasteiger partial charge < -0.3 is 15.6 Å². The van der Waals surface area contributed by atoms with E-state index < -0.39 is 0 Å². The number of aryl methyl sites for hydroxylation is 2. The highest BCUT2D eigenvalue weighted by Crippen LogP contribution is 2.07. The van der Waals surface area contributed by atoms with Crippen LogP contribution < -0.4 is 11.1 Å². The van der Waals surface area contributed by atoms with E-state index in [1.54, 1.807) is 6.20 Å². The molecule has 0 radical (unpaired) electrons. The number of guanidine groups is 1. The molecule has 0 aliphatic rings. The highest BCUT2D eigenvalue weighted by Gasteiger charge is 2.03. The lowest BCUT2D eigenvalue weighted by Gasteiger charge is -2.08. The van der Waals surface area contributed by atoms with Crippen LogP contribution in [0.5, 0.6) is 0 Å². The zero-order chi connectivity index (χ0) is 16.6. The second-order valence-electron chi connectivity index (χ2n) is 5.46. The molecule has 3 aromatic rings. The van der Waals surface area contributed by atoms with Crippen LogP contribution in [0.4, 0.5) is 5.69 Å². The smallest absolute Gasteiger partial charge is 0.193 e. The zero-order valence-corrected chi connectivity index (χ0v) is 13.5. The molecule has 0 unspecified atom stereocenters. The van der Waals surface area contributed by atoms with Gasteiger partial charge in [0.15, 0.2) is 5.96 Å². The Kier molecular flexibility index (Phi) is 5.24. The summed E-state index contributed by atoms with van der Waals surface area (Å²) in [5.41, 5.74) is 8.17. The number of rotatable bonds is 6. The highest BCUT2D eigenvalue weighted by atomic mass is 15.1. The van der Waals surface area contributed by atoms with Gasteiger partial charge in [-0.1, -0.05) is 48.5 Å². The van der Waals surface area contributed by atoms with E-state index in [0.29, 0.717) is 12.5 Å². The number of benzene rings is 2. The fraction of sp³-hybridized carbons (Fsp3) is 0.158. The molecule has 0 saturated carbocycles. The summed E-state index contributed by atoms with van der Waals surface area (Å²) in [6.07, 6.45) is 4.75. The van der Waals surface area contributed by atoms with Crippen LogP contribution in [0.1, 0.15) is 11.4 Å². The second-order valence-corrected chi connectivity index (χ2v) is 5.46. The van der Waals surface area contributed by atoms with Gasteiger partial charge in [0, 0.05) is 24.6 Å². The van der Waals surface area contributed by atoms with Gasteiger partial charge in [0.1, 0.15) is 12.4 Å². The van der Waals surface area contributed by atoms with Crippen molar-refractivity contribution in [1.82, 2.24) is 9.55 Å². The number of nitrogens with two attached hydrogens (primary N) is 1. The molecule has 3 rings (SSSR count). The Balaban J connectivity index is 1.58. The van der Waals surface area contributed by atoms with Crippen molar-refractivity contribution >= 4 is 11.6 Å². The first kappa shape index (κ1) is 15.8. The second kappa shape index (κ2) is 7.97. The summed E-state index contributed by atoms with van der Waals surface area (Å²) in [5, 5.41) is 3.07. The Morgan fingerprint density at radius 2 is 1.75 bits per heavy atom. The lowest BCUT2D eigenvalue weighted by molar-refractivity contribution is 0.652. The van der Waals surface area contributed by atoms with Crippen LogP contribution in [0, 0.1) is 0 Å². The van der Waals surface area contributed by atoms with Gasteiger partial charge in [0.25, 0.3) is 0 Å². The Labute approximate surface area is 141 Å². The SMILES string of the molecule is NC(=NCc1nccn1CCc1ccccc1)Nc1ccccc1. The standard InChI is InChI=1S/C19H21N5/c20-19(23-17-9-5-2-6-10-17)22-15-18-21-12-14-24(18)13-11-16-7-3-1-4-8-16/h1-10,12,14H,11,13,15H2,(H3,20,22,23). The third-order valence-corrected chi connectivity index (χ3v) is 3.72. The molecule has 0 aliphatic heterocycles.